The first kappa shape index (κ1) is 10.9. The monoisotopic (exact) mass is 222 g/mol. The molecule has 1 heterocycles. The van der Waals surface area contributed by atoms with E-state index in [1.165, 1.54) is 0 Å². The lowest BCUT2D eigenvalue weighted by Crippen LogP contribution is -2.13. The number of carboxylic acid groups (broad SMARTS) is 1. The SMILES string of the molecule is O=C(O)c1cc2c(nc1NCCO)CCC2. The Hall–Kier alpha value is -1.62. The highest BCUT2D eigenvalue weighted by atomic mass is 16.4. The molecule has 0 radical (unpaired) electrons. The summed E-state index contributed by atoms with van der Waals surface area (Å²) in [4.78, 5) is 15.4. The molecule has 1 aliphatic carbocycles. The minimum absolute atomic E-state index is 0.0438. The molecule has 16 heavy (non-hydrogen) atoms. The lowest BCUT2D eigenvalue weighted by molar-refractivity contribution is 0.0697. The van der Waals surface area contributed by atoms with Crippen molar-refractivity contribution in [1.29, 1.82) is 0 Å². The summed E-state index contributed by atoms with van der Waals surface area (Å²) in [6.45, 7) is 0.268. The van der Waals surface area contributed by atoms with Crippen molar-refractivity contribution in [2.24, 2.45) is 0 Å². The molecule has 0 unspecified atom stereocenters. The Labute approximate surface area is 93.1 Å². The van der Waals surface area contributed by atoms with Crippen molar-refractivity contribution >= 4 is 11.8 Å². The molecule has 0 atom stereocenters. The molecule has 1 aromatic heterocycles. The van der Waals surface area contributed by atoms with E-state index in [4.69, 9.17) is 10.2 Å². The van der Waals surface area contributed by atoms with Crippen molar-refractivity contribution in [3.05, 3.63) is 22.9 Å². The molecule has 0 fully saturated rings. The molecule has 2 rings (SSSR count). The van der Waals surface area contributed by atoms with Crippen LogP contribution >= 0.6 is 0 Å². The number of hydrogen-bond acceptors (Lipinski definition) is 4. The maximum atomic E-state index is 11.0. The van der Waals surface area contributed by atoms with Crippen LogP contribution in [0.15, 0.2) is 6.07 Å². The van der Waals surface area contributed by atoms with Crippen LogP contribution in [0.25, 0.3) is 0 Å². The summed E-state index contributed by atoms with van der Waals surface area (Å²) in [5.74, 6) is -0.621. The first-order valence-corrected chi connectivity index (χ1v) is 5.33. The van der Waals surface area contributed by atoms with Gasteiger partial charge in [0.25, 0.3) is 0 Å². The molecule has 1 aromatic rings. The average Bonchev–Trinajstić information content (AvgIpc) is 2.71. The molecule has 0 amide bonds. The molecule has 0 saturated heterocycles. The third kappa shape index (κ3) is 1.99. The smallest absolute Gasteiger partial charge is 0.339 e. The van der Waals surface area contributed by atoms with E-state index in [1.54, 1.807) is 6.07 Å². The van der Waals surface area contributed by atoms with Crippen LogP contribution in [0.4, 0.5) is 5.82 Å². The molecule has 0 saturated carbocycles. The minimum atomic E-state index is -0.984. The largest absolute Gasteiger partial charge is 0.478 e. The lowest BCUT2D eigenvalue weighted by Gasteiger charge is -2.09. The zero-order chi connectivity index (χ0) is 11.5. The first-order valence-electron chi connectivity index (χ1n) is 5.33. The second-order valence-electron chi connectivity index (χ2n) is 3.80. The highest BCUT2D eigenvalue weighted by molar-refractivity contribution is 5.93. The number of fused-ring (bicyclic) bond motifs is 1. The van der Waals surface area contributed by atoms with Crippen LogP contribution in [0, 0.1) is 0 Å². The predicted octanol–water partition coefficient (Wildman–Crippen LogP) is 0.673. The number of nitrogens with zero attached hydrogens (tertiary/aromatic N) is 1. The van der Waals surface area contributed by atoms with Gasteiger partial charge in [0, 0.05) is 12.2 Å². The predicted molar refractivity (Wildman–Crippen MR) is 58.8 cm³/mol. The number of aromatic carboxylic acids is 1. The number of aromatic nitrogens is 1. The number of pyridine rings is 1. The fourth-order valence-corrected chi connectivity index (χ4v) is 1.94. The third-order valence-electron chi connectivity index (χ3n) is 2.69. The van der Waals surface area contributed by atoms with Crippen molar-refractivity contribution in [3.8, 4) is 0 Å². The number of carbonyl (C=O) groups is 1. The molecule has 0 aliphatic heterocycles. The van der Waals surface area contributed by atoms with Crippen LogP contribution in [0.2, 0.25) is 0 Å². The number of anilines is 1. The number of nitrogens with one attached hydrogen (secondary N) is 1. The Morgan fingerprint density at radius 1 is 1.50 bits per heavy atom. The van der Waals surface area contributed by atoms with E-state index < -0.39 is 5.97 Å². The fraction of sp³-hybridized carbons (Fsp3) is 0.455. The molecule has 5 nitrogen and oxygen atoms in total. The highest BCUT2D eigenvalue weighted by Crippen LogP contribution is 2.25. The average molecular weight is 222 g/mol. The van der Waals surface area contributed by atoms with Crippen LogP contribution in [0.1, 0.15) is 28.0 Å². The zero-order valence-corrected chi connectivity index (χ0v) is 8.86. The van der Waals surface area contributed by atoms with E-state index in [9.17, 15) is 4.79 Å². The molecule has 3 N–H and O–H groups in total. The van der Waals surface area contributed by atoms with Gasteiger partial charge < -0.3 is 15.5 Å². The Balaban J connectivity index is 2.36. The maximum absolute atomic E-state index is 11.0. The van der Waals surface area contributed by atoms with Crippen molar-refractivity contribution < 1.29 is 15.0 Å². The van der Waals surface area contributed by atoms with E-state index >= 15 is 0 Å². The summed E-state index contributed by atoms with van der Waals surface area (Å²) >= 11 is 0. The maximum Gasteiger partial charge on any atom is 0.339 e. The van der Waals surface area contributed by atoms with Gasteiger partial charge in [-0.1, -0.05) is 0 Å². The molecule has 0 aromatic carbocycles. The molecular formula is C11H14N2O3. The van der Waals surface area contributed by atoms with E-state index in [1.807, 2.05) is 0 Å². The van der Waals surface area contributed by atoms with Gasteiger partial charge >= 0.3 is 5.97 Å². The highest BCUT2D eigenvalue weighted by Gasteiger charge is 2.19. The van der Waals surface area contributed by atoms with Gasteiger partial charge in [-0.15, -0.1) is 0 Å². The lowest BCUT2D eigenvalue weighted by atomic mass is 10.1. The Morgan fingerprint density at radius 2 is 2.31 bits per heavy atom. The van der Waals surface area contributed by atoms with Gasteiger partial charge in [-0.2, -0.15) is 0 Å². The molecule has 86 valence electrons. The minimum Gasteiger partial charge on any atom is -0.478 e. The van der Waals surface area contributed by atoms with Crippen molar-refractivity contribution in [2.75, 3.05) is 18.5 Å². The van der Waals surface area contributed by atoms with Gasteiger partial charge in [-0.3, -0.25) is 0 Å². The molecule has 1 aliphatic rings. The standard InChI is InChI=1S/C11H14N2O3/c14-5-4-12-10-8(11(15)16)6-7-2-1-3-9(7)13-10/h6,14H,1-5H2,(H,12,13)(H,15,16). The Bertz CT molecular complexity index is 418. The van der Waals surface area contributed by atoms with Crippen molar-refractivity contribution in [1.82, 2.24) is 4.98 Å². The number of aliphatic hydroxyl groups excluding tert-OH is 1. The van der Waals surface area contributed by atoms with E-state index in [0.29, 0.717) is 12.4 Å². The van der Waals surface area contributed by atoms with Crippen LogP contribution in [0.3, 0.4) is 0 Å². The molecule has 0 spiro atoms. The Morgan fingerprint density at radius 3 is 3.00 bits per heavy atom. The zero-order valence-electron chi connectivity index (χ0n) is 8.86. The third-order valence-corrected chi connectivity index (χ3v) is 2.69. The number of carboxylic acids is 1. The second kappa shape index (κ2) is 4.49. The van der Waals surface area contributed by atoms with Crippen molar-refractivity contribution in [2.45, 2.75) is 19.3 Å². The summed E-state index contributed by atoms with van der Waals surface area (Å²) in [6, 6.07) is 1.69. The van der Waals surface area contributed by atoms with E-state index in [-0.39, 0.29) is 12.2 Å². The summed E-state index contributed by atoms with van der Waals surface area (Å²) in [5, 5.41) is 20.6. The van der Waals surface area contributed by atoms with Crippen LogP contribution in [-0.2, 0) is 12.8 Å². The number of hydrogen-bond donors (Lipinski definition) is 3. The summed E-state index contributed by atoms with van der Waals surface area (Å²) in [6.07, 6.45) is 2.84. The number of aryl methyl sites for hydroxylation is 2. The van der Waals surface area contributed by atoms with Gasteiger partial charge in [0.05, 0.1) is 6.61 Å². The van der Waals surface area contributed by atoms with E-state index in [2.05, 4.69) is 10.3 Å². The van der Waals surface area contributed by atoms with E-state index in [0.717, 1.165) is 30.5 Å². The molecular weight excluding hydrogens is 208 g/mol. The van der Waals surface area contributed by atoms with Crippen molar-refractivity contribution in [3.63, 3.8) is 0 Å². The van der Waals surface area contributed by atoms with Gasteiger partial charge in [0.1, 0.15) is 11.4 Å². The van der Waals surface area contributed by atoms with Gasteiger partial charge in [-0.05, 0) is 30.9 Å². The number of rotatable bonds is 4. The summed E-state index contributed by atoms with van der Waals surface area (Å²) < 4.78 is 0. The Kier molecular flexibility index (Phi) is 3.05. The van der Waals surface area contributed by atoms with Gasteiger partial charge in [-0.25, -0.2) is 9.78 Å². The van der Waals surface area contributed by atoms with Crippen LogP contribution in [-0.4, -0.2) is 34.3 Å². The summed E-state index contributed by atoms with van der Waals surface area (Å²) in [5.41, 5.74) is 2.20. The first-order chi connectivity index (χ1) is 7.72. The van der Waals surface area contributed by atoms with Crippen LogP contribution < -0.4 is 5.32 Å². The normalized spacial score (nSPS) is 13.6. The van der Waals surface area contributed by atoms with Gasteiger partial charge in [0.2, 0.25) is 0 Å². The second-order valence-corrected chi connectivity index (χ2v) is 3.80. The number of aliphatic hydroxyl groups is 1. The quantitative estimate of drug-likeness (QED) is 0.697. The molecule has 5 heteroatoms. The fourth-order valence-electron chi connectivity index (χ4n) is 1.94. The summed E-state index contributed by atoms with van der Waals surface area (Å²) in [7, 11) is 0. The van der Waals surface area contributed by atoms with Crippen LogP contribution in [0.5, 0.6) is 0 Å². The topological polar surface area (TPSA) is 82.5 Å². The van der Waals surface area contributed by atoms with Gasteiger partial charge in [0.15, 0.2) is 0 Å². The molecule has 0 bridgehead atoms.